The number of aryl methyl sites for hydroxylation is 1. The second-order valence-corrected chi connectivity index (χ2v) is 5.71. The van der Waals surface area contributed by atoms with Gasteiger partial charge in [-0.1, -0.05) is 17.3 Å². The van der Waals surface area contributed by atoms with Crippen molar-refractivity contribution in [3.63, 3.8) is 0 Å². The average Bonchev–Trinajstić information content (AvgIpc) is 2.42. The van der Waals surface area contributed by atoms with Crippen LogP contribution < -0.4 is 5.73 Å². The Labute approximate surface area is 120 Å². The molecule has 0 aromatic heterocycles. The van der Waals surface area contributed by atoms with Gasteiger partial charge >= 0.3 is 0 Å². The lowest BCUT2D eigenvalue weighted by Crippen LogP contribution is -2.49. The van der Waals surface area contributed by atoms with Crippen LogP contribution >= 0.6 is 0 Å². The molecular formula is C15H24N4O. The molecule has 0 saturated carbocycles. The summed E-state index contributed by atoms with van der Waals surface area (Å²) in [4.78, 5) is 4.88. The van der Waals surface area contributed by atoms with Gasteiger partial charge in [0.2, 0.25) is 0 Å². The molecule has 5 heteroatoms. The molecule has 0 radical (unpaired) electrons. The standard InChI is InChI=1S/C15H24N4O/c1-11-8-13(15(16)17-20)4-5-14(11)10-19-7-6-18(3)9-12(19)2/h4-5,8,12,20H,6-7,9-10H2,1-3H3,(H2,16,17). The Hall–Kier alpha value is -1.59. The summed E-state index contributed by atoms with van der Waals surface area (Å²) in [6.45, 7) is 8.63. The second-order valence-electron chi connectivity index (χ2n) is 5.71. The third-order valence-electron chi connectivity index (χ3n) is 4.09. The first-order valence-electron chi connectivity index (χ1n) is 7.01. The van der Waals surface area contributed by atoms with Gasteiger partial charge < -0.3 is 15.8 Å². The molecular weight excluding hydrogens is 252 g/mol. The fourth-order valence-corrected chi connectivity index (χ4v) is 2.72. The average molecular weight is 276 g/mol. The van der Waals surface area contributed by atoms with E-state index in [1.807, 2.05) is 12.1 Å². The van der Waals surface area contributed by atoms with E-state index in [0.29, 0.717) is 6.04 Å². The summed E-state index contributed by atoms with van der Waals surface area (Å²) in [5.41, 5.74) is 8.87. The van der Waals surface area contributed by atoms with Crippen molar-refractivity contribution in [2.45, 2.75) is 26.4 Å². The number of hydrogen-bond acceptors (Lipinski definition) is 4. The van der Waals surface area contributed by atoms with Crippen LogP contribution in [0.3, 0.4) is 0 Å². The summed E-state index contributed by atoms with van der Waals surface area (Å²) in [6.07, 6.45) is 0. The van der Waals surface area contributed by atoms with Crippen LogP contribution in [0, 0.1) is 6.92 Å². The molecule has 20 heavy (non-hydrogen) atoms. The molecule has 1 aromatic rings. The van der Waals surface area contributed by atoms with Crippen LogP contribution in [0.5, 0.6) is 0 Å². The first kappa shape index (κ1) is 14.8. The Kier molecular flexibility index (Phi) is 4.62. The van der Waals surface area contributed by atoms with E-state index < -0.39 is 0 Å². The molecule has 1 aromatic carbocycles. The second kappa shape index (κ2) is 6.24. The van der Waals surface area contributed by atoms with Crippen LogP contribution in [-0.4, -0.2) is 53.6 Å². The SMILES string of the molecule is Cc1cc(/C(N)=N/O)ccc1CN1CCN(C)CC1C. The van der Waals surface area contributed by atoms with Gasteiger partial charge in [-0.25, -0.2) is 0 Å². The van der Waals surface area contributed by atoms with Crippen LogP contribution in [0.2, 0.25) is 0 Å². The summed E-state index contributed by atoms with van der Waals surface area (Å²) in [5.74, 6) is 0.160. The van der Waals surface area contributed by atoms with Crippen molar-refractivity contribution in [2.75, 3.05) is 26.7 Å². The summed E-state index contributed by atoms with van der Waals surface area (Å²) in [7, 11) is 2.17. The van der Waals surface area contributed by atoms with Crippen LogP contribution in [0.1, 0.15) is 23.6 Å². The topological polar surface area (TPSA) is 65.1 Å². The molecule has 0 bridgehead atoms. The predicted octanol–water partition coefficient (Wildman–Crippen LogP) is 1.23. The van der Waals surface area contributed by atoms with Gasteiger partial charge in [-0.15, -0.1) is 0 Å². The van der Waals surface area contributed by atoms with Crippen molar-refractivity contribution in [1.29, 1.82) is 0 Å². The predicted molar refractivity (Wildman–Crippen MR) is 81.1 cm³/mol. The van der Waals surface area contributed by atoms with E-state index in [2.05, 4.69) is 41.9 Å². The Morgan fingerprint density at radius 2 is 2.20 bits per heavy atom. The van der Waals surface area contributed by atoms with E-state index in [1.54, 1.807) is 0 Å². The van der Waals surface area contributed by atoms with Crippen molar-refractivity contribution in [3.05, 3.63) is 34.9 Å². The molecule has 1 heterocycles. The van der Waals surface area contributed by atoms with Gasteiger partial charge in [0, 0.05) is 37.8 Å². The lowest BCUT2D eigenvalue weighted by Gasteiger charge is -2.38. The number of amidine groups is 1. The number of hydrogen-bond donors (Lipinski definition) is 2. The number of likely N-dealkylation sites (N-methyl/N-ethyl adjacent to an activating group) is 1. The summed E-state index contributed by atoms with van der Waals surface area (Å²) < 4.78 is 0. The molecule has 1 fully saturated rings. The summed E-state index contributed by atoms with van der Waals surface area (Å²) in [6, 6.07) is 6.54. The smallest absolute Gasteiger partial charge is 0.170 e. The maximum absolute atomic E-state index is 8.72. The van der Waals surface area contributed by atoms with E-state index in [0.717, 1.165) is 31.7 Å². The van der Waals surface area contributed by atoms with E-state index in [9.17, 15) is 0 Å². The summed E-state index contributed by atoms with van der Waals surface area (Å²) in [5, 5.41) is 11.8. The minimum atomic E-state index is 0.160. The highest BCUT2D eigenvalue weighted by Crippen LogP contribution is 2.17. The van der Waals surface area contributed by atoms with Crippen molar-refractivity contribution in [3.8, 4) is 0 Å². The number of benzene rings is 1. The Morgan fingerprint density at radius 3 is 2.80 bits per heavy atom. The van der Waals surface area contributed by atoms with Crippen LogP contribution in [-0.2, 0) is 6.54 Å². The van der Waals surface area contributed by atoms with E-state index in [-0.39, 0.29) is 5.84 Å². The van der Waals surface area contributed by atoms with Gasteiger partial charge in [0.15, 0.2) is 5.84 Å². The number of nitrogens with zero attached hydrogens (tertiary/aromatic N) is 3. The van der Waals surface area contributed by atoms with Gasteiger partial charge in [-0.3, -0.25) is 4.90 Å². The van der Waals surface area contributed by atoms with Crippen molar-refractivity contribution >= 4 is 5.84 Å². The van der Waals surface area contributed by atoms with E-state index in [4.69, 9.17) is 10.9 Å². The van der Waals surface area contributed by atoms with E-state index >= 15 is 0 Å². The molecule has 1 unspecified atom stereocenters. The number of nitrogens with two attached hydrogens (primary N) is 1. The quantitative estimate of drug-likeness (QED) is 0.377. The normalized spacial score (nSPS) is 22.1. The fraction of sp³-hybridized carbons (Fsp3) is 0.533. The molecule has 0 amide bonds. The first-order chi connectivity index (χ1) is 9.51. The fourth-order valence-electron chi connectivity index (χ4n) is 2.72. The molecule has 0 aliphatic carbocycles. The lowest BCUT2D eigenvalue weighted by atomic mass is 10.0. The zero-order valence-corrected chi connectivity index (χ0v) is 12.5. The zero-order chi connectivity index (χ0) is 14.7. The largest absolute Gasteiger partial charge is 0.409 e. The molecule has 1 aliphatic heterocycles. The number of oxime groups is 1. The van der Waals surface area contributed by atoms with Crippen molar-refractivity contribution in [2.24, 2.45) is 10.9 Å². The molecule has 110 valence electrons. The Bertz CT molecular complexity index is 501. The molecule has 2 rings (SSSR count). The first-order valence-corrected chi connectivity index (χ1v) is 7.01. The molecule has 1 saturated heterocycles. The highest BCUT2D eigenvalue weighted by Gasteiger charge is 2.21. The molecule has 1 aliphatic rings. The monoisotopic (exact) mass is 276 g/mol. The Balaban J connectivity index is 2.10. The van der Waals surface area contributed by atoms with Crippen LogP contribution in [0.4, 0.5) is 0 Å². The molecule has 0 spiro atoms. The van der Waals surface area contributed by atoms with Gasteiger partial charge in [-0.2, -0.15) is 0 Å². The van der Waals surface area contributed by atoms with Crippen LogP contribution in [0.25, 0.3) is 0 Å². The highest BCUT2D eigenvalue weighted by atomic mass is 16.4. The van der Waals surface area contributed by atoms with Gasteiger partial charge in [0.25, 0.3) is 0 Å². The van der Waals surface area contributed by atoms with Gasteiger partial charge in [0.1, 0.15) is 0 Å². The minimum Gasteiger partial charge on any atom is -0.409 e. The highest BCUT2D eigenvalue weighted by molar-refractivity contribution is 5.97. The third kappa shape index (κ3) is 3.29. The number of rotatable bonds is 3. The lowest BCUT2D eigenvalue weighted by molar-refractivity contribution is 0.0937. The van der Waals surface area contributed by atoms with Crippen LogP contribution in [0.15, 0.2) is 23.4 Å². The van der Waals surface area contributed by atoms with Crippen molar-refractivity contribution in [1.82, 2.24) is 9.80 Å². The molecule has 5 nitrogen and oxygen atoms in total. The maximum Gasteiger partial charge on any atom is 0.170 e. The molecule has 3 N–H and O–H groups in total. The van der Waals surface area contributed by atoms with Crippen molar-refractivity contribution < 1.29 is 5.21 Å². The van der Waals surface area contributed by atoms with Gasteiger partial charge in [0.05, 0.1) is 0 Å². The Morgan fingerprint density at radius 1 is 1.45 bits per heavy atom. The zero-order valence-electron chi connectivity index (χ0n) is 12.5. The minimum absolute atomic E-state index is 0.160. The maximum atomic E-state index is 8.72. The third-order valence-corrected chi connectivity index (χ3v) is 4.09. The summed E-state index contributed by atoms with van der Waals surface area (Å²) >= 11 is 0. The van der Waals surface area contributed by atoms with Gasteiger partial charge in [-0.05, 0) is 38.1 Å². The molecule has 1 atom stereocenters. The van der Waals surface area contributed by atoms with E-state index in [1.165, 1.54) is 11.1 Å². The number of piperazine rings is 1.